The molecule has 3 aromatic rings. The van der Waals surface area contributed by atoms with Crippen molar-refractivity contribution in [2.45, 2.75) is 33.0 Å². The van der Waals surface area contributed by atoms with E-state index in [0.29, 0.717) is 6.54 Å². The fourth-order valence-electron chi connectivity index (χ4n) is 3.24. The highest BCUT2D eigenvalue weighted by molar-refractivity contribution is 5.79. The van der Waals surface area contributed by atoms with Gasteiger partial charge in [0.1, 0.15) is 5.76 Å². The normalized spacial score (nSPS) is 11.6. The van der Waals surface area contributed by atoms with Crippen molar-refractivity contribution in [1.82, 2.24) is 20.5 Å². The van der Waals surface area contributed by atoms with Gasteiger partial charge in [-0.3, -0.25) is 9.88 Å². The second-order valence-electron chi connectivity index (χ2n) is 7.21. The molecule has 2 aromatic heterocycles. The number of hydrogen-bond donors (Lipinski definition) is 2. The fraction of sp³-hybridized carbons (Fsp3) is 0.333. The Morgan fingerprint density at radius 1 is 1.00 bits per heavy atom. The third kappa shape index (κ3) is 7.04. The van der Waals surface area contributed by atoms with Crippen molar-refractivity contribution in [3.8, 4) is 0 Å². The smallest absolute Gasteiger partial charge is 0.191 e. The largest absolute Gasteiger partial charge is 0.468 e. The Morgan fingerprint density at radius 3 is 2.57 bits per heavy atom. The lowest BCUT2D eigenvalue weighted by Gasteiger charge is -2.17. The van der Waals surface area contributed by atoms with Crippen molar-refractivity contribution in [3.05, 3.63) is 89.6 Å². The van der Waals surface area contributed by atoms with Crippen LogP contribution in [-0.4, -0.2) is 36.0 Å². The molecule has 0 amide bonds. The minimum Gasteiger partial charge on any atom is -0.468 e. The van der Waals surface area contributed by atoms with Gasteiger partial charge in [-0.15, -0.1) is 0 Å². The molecule has 2 N–H and O–H groups in total. The second-order valence-corrected chi connectivity index (χ2v) is 7.21. The summed E-state index contributed by atoms with van der Waals surface area (Å²) in [6.45, 7) is 5.94. The van der Waals surface area contributed by atoms with Gasteiger partial charge in [0.05, 0.1) is 19.4 Å². The molecule has 6 heteroatoms. The van der Waals surface area contributed by atoms with Crippen molar-refractivity contribution < 1.29 is 4.42 Å². The van der Waals surface area contributed by atoms with E-state index in [2.05, 4.69) is 58.8 Å². The van der Waals surface area contributed by atoms with E-state index in [1.54, 1.807) is 6.26 Å². The molecule has 158 valence electrons. The molecule has 6 nitrogen and oxygen atoms in total. The molecule has 0 saturated heterocycles. The first-order chi connectivity index (χ1) is 14.7. The van der Waals surface area contributed by atoms with E-state index in [1.807, 2.05) is 36.5 Å². The van der Waals surface area contributed by atoms with Gasteiger partial charge in [-0.05, 0) is 49.4 Å². The first-order valence-electron chi connectivity index (χ1n) is 10.4. The maximum absolute atomic E-state index is 5.46. The van der Waals surface area contributed by atoms with Gasteiger partial charge >= 0.3 is 0 Å². The maximum atomic E-state index is 5.46. The summed E-state index contributed by atoms with van der Waals surface area (Å²) < 4.78 is 5.46. The van der Waals surface area contributed by atoms with E-state index in [4.69, 9.17) is 9.41 Å². The van der Waals surface area contributed by atoms with Gasteiger partial charge in [-0.25, -0.2) is 4.99 Å². The van der Waals surface area contributed by atoms with E-state index in [1.165, 1.54) is 11.1 Å². The highest BCUT2D eigenvalue weighted by Gasteiger charge is 2.08. The molecule has 0 saturated carbocycles. The lowest BCUT2D eigenvalue weighted by atomic mass is 10.1. The Hall–Kier alpha value is -3.12. The fourth-order valence-corrected chi connectivity index (χ4v) is 3.24. The van der Waals surface area contributed by atoms with E-state index in [-0.39, 0.29) is 0 Å². The van der Waals surface area contributed by atoms with Crippen LogP contribution in [0.5, 0.6) is 0 Å². The Balaban J connectivity index is 1.58. The van der Waals surface area contributed by atoms with Crippen molar-refractivity contribution in [1.29, 1.82) is 0 Å². The Bertz CT molecular complexity index is 893. The number of nitrogens with one attached hydrogen (secondary N) is 2. The van der Waals surface area contributed by atoms with Gasteiger partial charge in [0.25, 0.3) is 0 Å². The van der Waals surface area contributed by atoms with Crippen LogP contribution in [0, 0.1) is 0 Å². The van der Waals surface area contributed by atoms with Crippen molar-refractivity contribution in [2.75, 3.05) is 20.1 Å². The van der Waals surface area contributed by atoms with Gasteiger partial charge < -0.3 is 15.1 Å². The van der Waals surface area contributed by atoms with E-state index < -0.39 is 0 Å². The zero-order chi connectivity index (χ0) is 21.0. The molecule has 0 bridgehead atoms. The van der Waals surface area contributed by atoms with Crippen LogP contribution in [0.25, 0.3) is 0 Å². The minimum atomic E-state index is 0.629. The summed E-state index contributed by atoms with van der Waals surface area (Å²) in [5.41, 5.74) is 3.58. The molecule has 0 aliphatic carbocycles. The van der Waals surface area contributed by atoms with Crippen LogP contribution >= 0.6 is 0 Å². The van der Waals surface area contributed by atoms with Crippen LogP contribution in [-0.2, 0) is 26.1 Å². The molecule has 30 heavy (non-hydrogen) atoms. The Labute approximate surface area is 179 Å². The number of aliphatic imine (C=N–C) groups is 1. The highest BCUT2D eigenvalue weighted by Crippen LogP contribution is 2.14. The topological polar surface area (TPSA) is 65.7 Å². The number of benzene rings is 1. The molecule has 0 fully saturated rings. The van der Waals surface area contributed by atoms with Gasteiger partial charge in [0.15, 0.2) is 5.96 Å². The summed E-state index contributed by atoms with van der Waals surface area (Å²) in [4.78, 5) is 11.4. The molecule has 0 aliphatic heterocycles. The summed E-state index contributed by atoms with van der Waals surface area (Å²) in [6.07, 6.45) is 4.41. The Kier molecular flexibility index (Phi) is 8.47. The summed E-state index contributed by atoms with van der Waals surface area (Å²) in [7, 11) is 2.10. The van der Waals surface area contributed by atoms with Gasteiger partial charge in [0.2, 0.25) is 0 Å². The third-order valence-electron chi connectivity index (χ3n) is 4.72. The second kappa shape index (κ2) is 11.8. The highest BCUT2D eigenvalue weighted by atomic mass is 16.3. The van der Waals surface area contributed by atoms with Gasteiger partial charge in [-0.1, -0.05) is 30.3 Å². The molecule has 0 radical (unpaired) electrons. The third-order valence-corrected chi connectivity index (χ3v) is 4.72. The molecular weight excluding hydrogens is 374 g/mol. The SMILES string of the molecule is CCNC(=NCc1ccccc1CN(C)Cc1ccco1)NCCc1ccccn1. The monoisotopic (exact) mass is 405 g/mol. The molecule has 0 spiro atoms. The summed E-state index contributed by atoms with van der Waals surface area (Å²) in [5.74, 6) is 1.80. The predicted octanol–water partition coefficient (Wildman–Crippen LogP) is 3.60. The summed E-state index contributed by atoms with van der Waals surface area (Å²) >= 11 is 0. The lowest BCUT2D eigenvalue weighted by molar-refractivity contribution is 0.287. The van der Waals surface area contributed by atoms with Crippen LogP contribution in [0.15, 0.2) is 76.5 Å². The number of aromatic nitrogens is 1. The molecule has 0 unspecified atom stereocenters. The average molecular weight is 406 g/mol. The van der Waals surface area contributed by atoms with Crippen LogP contribution < -0.4 is 10.6 Å². The van der Waals surface area contributed by atoms with Crippen LogP contribution in [0.3, 0.4) is 0 Å². The zero-order valence-electron chi connectivity index (χ0n) is 17.8. The summed E-state index contributed by atoms with van der Waals surface area (Å²) in [5, 5.41) is 6.73. The zero-order valence-corrected chi connectivity index (χ0v) is 17.8. The molecule has 1 aromatic carbocycles. The first-order valence-corrected chi connectivity index (χ1v) is 10.4. The molecule has 2 heterocycles. The van der Waals surface area contributed by atoms with Crippen molar-refractivity contribution >= 4 is 5.96 Å². The standard InChI is InChI=1S/C24H31N5O/c1-3-25-24(27-15-13-22-11-6-7-14-26-22)28-17-20-9-4-5-10-21(20)18-29(2)19-23-12-8-16-30-23/h4-12,14,16H,3,13,15,17-19H2,1-2H3,(H2,25,27,28). The summed E-state index contributed by atoms with van der Waals surface area (Å²) in [6, 6.07) is 18.4. The minimum absolute atomic E-state index is 0.629. The predicted molar refractivity (Wildman–Crippen MR) is 121 cm³/mol. The number of hydrogen-bond acceptors (Lipinski definition) is 4. The van der Waals surface area contributed by atoms with Gasteiger partial charge in [0, 0.05) is 37.9 Å². The molecule has 3 rings (SSSR count). The number of guanidine groups is 1. The van der Waals surface area contributed by atoms with Crippen molar-refractivity contribution in [3.63, 3.8) is 0 Å². The maximum Gasteiger partial charge on any atom is 0.191 e. The van der Waals surface area contributed by atoms with E-state index in [9.17, 15) is 0 Å². The number of rotatable bonds is 10. The van der Waals surface area contributed by atoms with E-state index >= 15 is 0 Å². The lowest BCUT2D eigenvalue weighted by Crippen LogP contribution is -2.38. The van der Waals surface area contributed by atoms with Crippen LogP contribution in [0.2, 0.25) is 0 Å². The van der Waals surface area contributed by atoms with E-state index in [0.717, 1.165) is 50.0 Å². The van der Waals surface area contributed by atoms with Crippen LogP contribution in [0.1, 0.15) is 29.5 Å². The average Bonchev–Trinajstić information content (AvgIpc) is 3.26. The number of nitrogens with zero attached hydrogens (tertiary/aromatic N) is 3. The Morgan fingerprint density at radius 2 is 1.83 bits per heavy atom. The number of pyridine rings is 1. The molecule has 0 atom stereocenters. The molecular formula is C24H31N5O. The van der Waals surface area contributed by atoms with Crippen LogP contribution in [0.4, 0.5) is 0 Å². The molecule has 0 aliphatic rings. The quantitative estimate of drug-likeness (QED) is 0.398. The van der Waals surface area contributed by atoms with Crippen molar-refractivity contribution in [2.24, 2.45) is 4.99 Å². The number of furan rings is 1. The van der Waals surface area contributed by atoms with Gasteiger partial charge in [-0.2, -0.15) is 0 Å². The first kappa shape index (κ1) is 21.6.